The number of fused-ring (bicyclic) bond motifs is 1. The molecular formula is C23H13Cl2NO5. The summed E-state index contributed by atoms with van der Waals surface area (Å²) in [6.45, 7) is 0. The summed E-state index contributed by atoms with van der Waals surface area (Å²) >= 11 is 12.1. The van der Waals surface area contributed by atoms with Gasteiger partial charge in [-0.05, 0) is 54.6 Å². The first-order chi connectivity index (χ1) is 14.9. The number of amides is 1. The fourth-order valence-electron chi connectivity index (χ4n) is 3.70. The van der Waals surface area contributed by atoms with Crippen LogP contribution >= 0.6 is 23.2 Å². The van der Waals surface area contributed by atoms with Crippen LogP contribution in [0.1, 0.15) is 22.4 Å². The van der Waals surface area contributed by atoms with E-state index in [1.54, 1.807) is 54.6 Å². The molecule has 2 aromatic carbocycles. The molecule has 0 aliphatic carbocycles. The van der Waals surface area contributed by atoms with Crippen LogP contribution in [0.2, 0.25) is 10.0 Å². The molecule has 1 aliphatic heterocycles. The molecule has 1 atom stereocenters. The molecule has 1 aliphatic rings. The number of hydrogen-bond donors (Lipinski definition) is 1. The molecule has 31 heavy (non-hydrogen) atoms. The van der Waals surface area contributed by atoms with Crippen molar-refractivity contribution in [1.29, 1.82) is 0 Å². The van der Waals surface area contributed by atoms with E-state index in [-0.39, 0.29) is 11.3 Å². The molecular weight excluding hydrogens is 441 g/mol. The van der Waals surface area contributed by atoms with Crippen molar-refractivity contribution in [2.45, 2.75) is 6.04 Å². The molecule has 3 heterocycles. The quantitative estimate of drug-likeness (QED) is 0.376. The van der Waals surface area contributed by atoms with Crippen molar-refractivity contribution in [2.75, 3.05) is 4.90 Å². The van der Waals surface area contributed by atoms with E-state index in [4.69, 9.17) is 32.0 Å². The number of nitrogens with zero attached hydrogens (tertiary/aromatic N) is 1. The van der Waals surface area contributed by atoms with Gasteiger partial charge in [0.15, 0.2) is 11.5 Å². The van der Waals surface area contributed by atoms with Crippen LogP contribution in [0.4, 0.5) is 5.69 Å². The molecule has 5 rings (SSSR count). The molecule has 0 spiro atoms. The van der Waals surface area contributed by atoms with Crippen LogP contribution in [-0.2, 0) is 4.79 Å². The van der Waals surface area contributed by atoms with E-state index in [2.05, 4.69) is 0 Å². The van der Waals surface area contributed by atoms with Crippen molar-refractivity contribution in [1.82, 2.24) is 0 Å². The number of benzene rings is 2. The Morgan fingerprint density at radius 3 is 2.55 bits per heavy atom. The maximum Gasteiger partial charge on any atom is 0.294 e. The minimum absolute atomic E-state index is 0.0314. The SMILES string of the molecule is O=C(C1=C(O)C(=O)N(c2cccc(Cl)c2)C1c1ccco1)c1cc2cc(Cl)ccc2o1. The number of aliphatic hydroxyl groups is 1. The Morgan fingerprint density at radius 2 is 1.81 bits per heavy atom. The van der Waals surface area contributed by atoms with E-state index in [9.17, 15) is 14.7 Å². The molecule has 1 N–H and O–H groups in total. The Morgan fingerprint density at radius 1 is 1.00 bits per heavy atom. The number of furan rings is 2. The van der Waals surface area contributed by atoms with Crippen LogP contribution in [0.3, 0.4) is 0 Å². The summed E-state index contributed by atoms with van der Waals surface area (Å²) in [6.07, 6.45) is 1.43. The van der Waals surface area contributed by atoms with Crippen LogP contribution in [0, 0.1) is 0 Å². The third-order valence-electron chi connectivity index (χ3n) is 5.05. The van der Waals surface area contributed by atoms with Crippen LogP contribution in [0.5, 0.6) is 0 Å². The summed E-state index contributed by atoms with van der Waals surface area (Å²) in [7, 11) is 0. The van der Waals surface area contributed by atoms with Gasteiger partial charge in [0.1, 0.15) is 17.4 Å². The number of carbonyl (C=O) groups is 2. The molecule has 154 valence electrons. The molecule has 4 aromatic rings. The number of halogens is 2. The monoisotopic (exact) mass is 453 g/mol. The number of hydrogen-bond acceptors (Lipinski definition) is 5. The van der Waals surface area contributed by atoms with Gasteiger partial charge in [0.05, 0.1) is 11.8 Å². The predicted octanol–water partition coefficient (Wildman–Crippen LogP) is 6.12. The summed E-state index contributed by atoms with van der Waals surface area (Å²) in [4.78, 5) is 27.7. The second-order valence-corrected chi connectivity index (χ2v) is 7.83. The lowest BCUT2D eigenvalue weighted by Crippen LogP contribution is -2.30. The van der Waals surface area contributed by atoms with Crippen LogP contribution < -0.4 is 4.90 Å². The molecule has 1 unspecified atom stereocenters. The van der Waals surface area contributed by atoms with Gasteiger partial charge in [-0.2, -0.15) is 0 Å². The van der Waals surface area contributed by atoms with Crippen molar-refractivity contribution >= 4 is 51.5 Å². The molecule has 6 nitrogen and oxygen atoms in total. The van der Waals surface area contributed by atoms with Gasteiger partial charge in [-0.25, -0.2) is 0 Å². The van der Waals surface area contributed by atoms with E-state index >= 15 is 0 Å². The molecule has 0 saturated heterocycles. The number of ketones is 1. The summed E-state index contributed by atoms with van der Waals surface area (Å²) in [5.74, 6) is -1.78. The van der Waals surface area contributed by atoms with Crippen molar-refractivity contribution in [3.63, 3.8) is 0 Å². The molecule has 1 amide bonds. The van der Waals surface area contributed by atoms with Crippen molar-refractivity contribution in [2.24, 2.45) is 0 Å². The Hall–Kier alpha value is -3.48. The summed E-state index contributed by atoms with van der Waals surface area (Å²) in [6, 6.07) is 15.3. The standard InChI is InChI=1S/C23H13Cl2NO5/c24-13-3-1-4-15(11-13)26-20(17-5-2-8-30-17)19(22(28)23(26)29)21(27)18-10-12-9-14(25)6-7-16(12)31-18/h1-11,20,28H. The van der Waals surface area contributed by atoms with E-state index in [1.807, 2.05) is 0 Å². The third-order valence-corrected chi connectivity index (χ3v) is 5.52. The summed E-state index contributed by atoms with van der Waals surface area (Å²) in [5.41, 5.74) is 0.716. The Balaban J connectivity index is 1.64. The second-order valence-electron chi connectivity index (χ2n) is 6.96. The van der Waals surface area contributed by atoms with E-state index in [0.29, 0.717) is 32.5 Å². The maximum atomic E-state index is 13.4. The highest BCUT2D eigenvalue weighted by atomic mass is 35.5. The average Bonchev–Trinajstić information content (AvgIpc) is 3.46. The van der Waals surface area contributed by atoms with Gasteiger partial charge in [0.25, 0.3) is 5.91 Å². The topological polar surface area (TPSA) is 83.9 Å². The summed E-state index contributed by atoms with van der Waals surface area (Å²) in [5, 5.41) is 12.2. The molecule has 2 aromatic heterocycles. The zero-order valence-corrected chi connectivity index (χ0v) is 17.2. The summed E-state index contributed by atoms with van der Waals surface area (Å²) < 4.78 is 11.2. The van der Waals surface area contributed by atoms with E-state index < -0.39 is 23.5 Å². The van der Waals surface area contributed by atoms with Crippen molar-refractivity contribution < 1.29 is 23.5 Å². The maximum absolute atomic E-state index is 13.4. The van der Waals surface area contributed by atoms with Gasteiger partial charge in [0, 0.05) is 21.1 Å². The number of anilines is 1. The molecule has 0 bridgehead atoms. The molecule has 0 radical (unpaired) electrons. The first kappa shape index (κ1) is 19.5. The Kier molecular flexibility index (Phi) is 4.61. The minimum atomic E-state index is -0.995. The first-order valence-corrected chi connectivity index (χ1v) is 9.99. The van der Waals surface area contributed by atoms with Crippen LogP contribution in [0.15, 0.2) is 87.1 Å². The zero-order chi connectivity index (χ0) is 21.7. The van der Waals surface area contributed by atoms with Gasteiger partial charge >= 0.3 is 0 Å². The van der Waals surface area contributed by atoms with Gasteiger partial charge < -0.3 is 13.9 Å². The van der Waals surface area contributed by atoms with Crippen LogP contribution in [-0.4, -0.2) is 16.8 Å². The predicted molar refractivity (Wildman–Crippen MR) is 116 cm³/mol. The highest BCUT2D eigenvalue weighted by Gasteiger charge is 2.46. The molecule has 0 saturated carbocycles. The lowest BCUT2D eigenvalue weighted by atomic mass is 9.99. The highest BCUT2D eigenvalue weighted by molar-refractivity contribution is 6.31. The largest absolute Gasteiger partial charge is 0.503 e. The van der Waals surface area contributed by atoms with Gasteiger partial charge in [-0.3, -0.25) is 14.5 Å². The zero-order valence-electron chi connectivity index (χ0n) is 15.7. The van der Waals surface area contributed by atoms with E-state index in [0.717, 1.165) is 0 Å². The van der Waals surface area contributed by atoms with Gasteiger partial charge in [-0.1, -0.05) is 29.3 Å². The number of Topliss-reactive ketones (excluding diaryl/α,β-unsaturated/α-hetero) is 1. The lowest BCUT2D eigenvalue weighted by molar-refractivity contribution is -0.117. The van der Waals surface area contributed by atoms with Gasteiger partial charge in [0.2, 0.25) is 5.78 Å². The normalized spacial score (nSPS) is 16.5. The smallest absolute Gasteiger partial charge is 0.294 e. The van der Waals surface area contributed by atoms with E-state index in [1.165, 1.54) is 17.2 Å². The first-order valence-electron chi connectivity index (χ1n) is 9.23. The average molecular weight is 454 g/mol. The fraction of sp³-hybridized carbons (Fsp3) is 0.0435. The second kappa shape index (κ2) is 7.34. The number of rotatable bonds is 4. The number of aliphatic hydroxyl groups excluding tert-OH is 1. The molecule has 0 fully saturated rings. The Bertz CT molecular complexity index is 1370. The number of carbonyl (C=O) groups excluding carboxylic acids is 2. The molecule has 8 heteroatoms. The highest BCUT2D eigenvalue weighted by Crippen LogP contribution is 2.43. The lowest BCUT2D eigenvalue weighted by Gasteiger charge is -2.24. The Labute approximate surface area is 185 Å². The third kappa shape index (κ3) is 3.21. The van der Waals surface area contributed by atoms with Crippen molar-refractivity contribution in [3.8, 4) is 0 Å². The fourth-order valence-corrected chi connectivity index (χ4v) is 4.07. The van der Waals surface area contributed by atoms with Gasteiger partial charge in [-0.15, -0.1) is 0 Å². The van der Waals surface area contributed by atoms with Crippen molar-refractivity contribution in [3.05, 3.63) is 99.8 Å². The van der Waals surface area contributed by atoms with Crippen LogP contribution in [0.25, 0.3) is 11.0 Å². The minimum Gasteiger partial charge on any atom is -0.503 e.